The van der Waals surface area contributed by atoms with E-state index in [0.717, 1.165) is 58.5 Å². The number of aryl methyl sites for hydroxylation is 1. The number of hydrogen-bond acceptors (Lipinski definition) is 3. The Kier molecular flexibility index (Phi) is 7.92. The summed E-state index contributed by atoms with van der Waals surface area (Å²) in [5, 5.41) is 4.48. The monoisotopic (exact) mass is 385 g/mol. The molecule has 0 spiro atoms. The molecule has 28 heavy (non-hydrogen) atoms. The molecule has 1 atom stereocenters. The van der Waals surface area contributed by atoms with Crippen LogP contribution < -0.4 is 5.32 Å². The molecule has 1 aliphatic heterocycles. The number of amides is 1. The van der Waals surface area contributed by atoms with E-state index >= 15 is 0 Å². The minimum Gasteiger partial charge on any atom is -0.379 e. The lowest BCUT2D eigenvalue weighted by atomic mass is 9.92. The first-order chi connectivity index (χ1) is 13.7. The Morgan fingerprint density at radius 3 is 2.71 bits per heavy atom. The van der Waals surface area contributed by atoms with Gasteiger partial charge < -0.3 is 15.0 Å². The van der Waals surface area contributed by atoms with Gasteiger partial charge in [-0.15, -0.1) is 0 Å². The van der Waals surface area contributed by atoms with Gasteiger partial charge >= 0.3 is 0 Å². The van der Waals surface area contributed by atoms with Gasteiger partial charge in [-0.1, -0.05) is 44.9 Å². The number of benzene rings is 1. The zero-order valence-electron chi connectivity index (χ0n) is 17.4. The summed E-state index contributed by atoms with van der Waals surface area (Å²) in [7, 11) is 0. The lowest BCUT2D eigenvalue weighted by Crippen LogP contribution is -2.52. The average molecular weight is 386 g/mol. The van der Waals surface area contributed by atoms with Crippen molar-refractivity contribution in [3.8, 4) is 0 Å². The Morgan fingerprint density at radius 2 is 1.96 bits per heavy atom. The maximum Gasteiger partial charge on any atom is 0.220 e. The molecule has 1 aliphatic rings. The third-order valence-electron chi connectivity index (χ3n) is 6.14. The number of aromatic amines is 1. The number of aromatic nitrogens is 1. The van der Waals surface area contributed by atoms with Crippen LogP contribution in [0.25, 0.3) is 10.9 Å². The van der Waals surface area contributed by atoms with Gasteiger partial charge in [0.15, 0.2) is 0 Å². The maximum atomic E-state index is 12.5. The Bertz CT molecular complexity index is 732. The molecule has 0 radical (unpaired) electrons. The summed E-state index contributed by atoms with van der Waals surface area (Å²) < 4.78 is 5.51. The largest absolute Gasteiger partial charge is 0.379 e. The first-order valence-electron chi connectivity index (χ1n) is 10.9. The van der Waals surface area contributed by atoms with Crippen molar-refractivity contribution in [2.24, 2.45) is 5.92 Å². The summed E-state index contributed by atoms with van der Waals surface area (Å²) in [6.07, 6.45) is 6.75. The summed E-state index contributed by atoms with van der Waals surface area (Å²) in [4.78, 5) is 18.3. The van der Waals surface area contributed by atoms with Crippen LogP contribution in [0.3, 0.4) is 0 Å². The van der Waals surface area contributed by atoms with E-state index in [-0.39, 0.29) is 5.91 Å². The maximum absolute atomic E-state index is 12.5. The van der Waals surface area contributed by atoms with Gasteiger partial charge in [-0.2, -0.15) is 0 Å². The molecule has 5 heteroatoms. The van der Waals surface area contributed by atoms with Crippen LogP contribution in [0, 0.1) is 5.92 Å². The highest BCUT2D eigenvalue weighted by Gasteiger charge is 2.27. The SMILES string of the molecule is CCC(CC)C(CNC(=O)CCCc1c[nH]c2ccccc12)N1CCOCC1. The van der Waals surface area contributed by atoms with Gasteiger partial charge in [-0.05, 0) is 30.4 Å². The number of morpholine rings is 1. The van der Waals surface area contributed by atoms with E-state index in [1.807, 2.05) is 6.07 Å². The smallest absolute Gasteiger partial charge is 0.220 e. The Hall–Kier alpha value is -1.85. The fraction of sp³-hybridized carbons (Fsp3) is 0.609. The van der Waals surface area contributed by atoms with Crippen LogP contribution in [0.15, 0.2) is 30.5 Å². The summed E-state index contributed by atoms with van der Waals surface area (Å²) >= 11 is 0. The molecule has 1 aromatic carbocycles. The topological polar surface area (TPSA) is 57.4 Å². The zero-order chi connectivity index (χ0) is 19.8. The van der Waals surface area contributed by atoms with Crippen LogP contribution in [0.1, 0.15) is 45.1 Å². The molecule has 5 nitrogen and oxygen atoms in total. The molecule has 0 bridgehead atoms. The van der Waals surface area contributed by atoms with Gasteiger partial charge in [0.05, 0.1) is 13.2 Å². The van der Waals surface area contributed by atoms with Gasteiger partial charge in [-0.25, -0.2) is 0 Å². The molecule has 2 N–H and O–H groups in total. The van der Waals surface area contributed by atoms with Crippen LogP contribution >= 0.6 is 0 Å². The van der Waals surface area contributed by atoms with Crippen LogP contribution in [0.2, 0.25) is 0 Å². The number of H-pyrrole nitrogens is 1. The number of nitrogens with one attached hydrogen (secondary N) is 2. The van der Waals surface area contributed by atoms with E-state index in [1.165, 1.54) is 16.5 Å². The fourth-order valence-electron chi connectivity index (χ4n) is 4.42. The van der Waals surface area contributed by atoms with Crippen molar-refractivity contribution < 1.29 is 9.53 Å². The Morgan fingerprint density at radius 1 is 1.21 bits per heavy atom. The van der Waals surface area contributed by atoms with E-state index in [0.29, 0.717) is 18.4 Å². The zero-order valence-corrected chi connectivity index (χ0v) is 17.4. The van der Waals surface area contributed by atoms with E-state index in [9.17, 15) is 4.79 Å². The van der Waals surface area contributed by atoms with Crippen LogP contribution in [-0.4, -0.2) is 54.7 Å². The van der Waals surface area contributed by atoms with Crippen molar-refractivity contribution >= 4 is 16.8 Å². The standard InChI is InChI=1S/C23H35N3O2/c1-3-18(4-2)22(26-12-14-28-15-13-26)17-25-23(27)11-7-8-19-16-24-21-10-6-5-9-20(19)21/h5-6,9-10,16,18,22,24H,3-4,7-8,11-15,17H2,1-2H3,(H,25,27). The molecule has 1 saturated heterocycles. The molecule has 2 aromatic rings. The number of carbonyl (C=O) groups excluding carboxylic acids is 1. The fourth-order valence-corrected chi connectivity index (χ4v) is 4.42. The van der Waals surface area contributed by atoms with Crippen molar-refractivity contribution in [1.29, 1.82) is 0 Å². The molecule has 3 rings (SSSR count). The third-order valence-corrected chi connectivity index (χ3v) is 6.14. The number of para-hydroxylation sites is 1. The lowest BCUT2D eigenvalue weighted by molar-refractivity contribution is -0.121. The quantitative estimate of drug-likeness (QED) is 0.655. The van der Waals surface area contributed by atoms with E-state index in [1.54, 1.807) is 0 Å². The van der Waals surface area contributed by atoms with Crippen molar-refractivity contribution in [3.63, 3.8) is 0 Å². The van der Waals surface area contributed by atoms with Gasteiger partial charge in [0.1, 0.15) is 0 Å². The first kappa shape index (κ1) is 20.9. The normalized spacial score (nSPS) is 16.5. The van der Waals surface area contributed by atoms with Crippen molar-refractivity contribution in [1.82, 2.24) is 15.2 Å². The third kappa shape index (κ3) is 5.36. The predicted molar refractivity (Wildman–Crippen MR) is 114 cm³/mol. The van der Waals surface area contributed by atoms with Crippen LogP contribution in [-0.2, 0) is 16.0 Å². The second-order valence-electron chi connectivity index (χ2n) is 7.81. The molecular formula is C23H35N3O2. The highest BCUT2D eigenvalue weighted by molar-refractivity contribution is 5.83. The molecule has 154 valence electrons. The van der Waals surface area contributed by atoms with Crippen LogP contribution in [0.5, 0.6) is 0 Å². The van der Waals surface area contributed by atoms with Crippen molar-refractivity contribution in [2.45, 2.75) is 52.0 Å². The second kappa shape index (κ2) is 10.6. The van der Waals surface area contributed by atoms with E-state index in [2.05, 4.69) is 53.4 Å². The number of rotatable bonds is 10. The molecular weight excluding hydrogens is 350 g/mol. The number of carbonyl (C=O) groups is 1. The molecule has 1 aromatic heterocycles. The first-order valence-corrected chi connectivity index (χ1v) is 10.9. The lowest BCUT2D eigenvalue weighted by Gasteiger charge is -2.38. The Labute approximate surface area is 168 Å². The van der Waals surface area contributed by atoms with E-state index in [4.69, 9.17) is 4.74 Å². The summed E-state index contributed by atoms with van der Waals surface area (Å²) in [5.74, 6) is 0.786. The minimum atomic E-state index is 0.170. The highest BCUT2D eigenvalue weighted by Crippen LogP contribution is 2.21. The highest BCUT2D eigenvalue weighted by atomic mass is 16.5. The number of hydrogen-bond donors (Lipinski definition) is 2. The second-order valence-corrected chi connectivity index (χ2v) is 7.81. The Balaban J connectivity index is 1.47. The van der Waals surface area contributed by atoms with Crippen molar-refractivity contribution in [2.75, 3.05) is 32.8 Å². The molecule has 1 fully saturated rings. The molecule has 1 amide bonds. The van der Waals surface area contributed by atoms with E-state index < -0.39 is 0 Å². The number of ether oxygens (including phenoxy) is 1. The summed E-state index contributed by atoms with van der Waals surface area (Å²) in [6, 6.07) is 8.76. The molecule has 1 unspecified atom stereocenters. The van der Waals surface area contributed by atoms with Crippen molar-refractivity contribution in [3.05, 3.63) is 36.0 Å². The minimum absolute atomic E-state index is 0.170. The molecule has 0 aliphatic carbocycles. The number of fused-ring (bicyclic) bond motifs is 1. The van der Waals surface area contributed by atoms with Gasteiger partial charge in [-0.3, -0.25) is 9.69 Å². The summed E-state index contributed by atoms with van der Waals surface area (Å²) in [5.41, 5.74) is 2.46. The number of nitrogens with zero attached hydrogens (tertiary/aromatic N) is 1. The average Bonchev–Trinajstić information content (AvgIpc) is 3.15. The molecule has 0 saturated carbocycles. The molecule has 2 heterocycles. The van der Waals surface area contributed by atoms with Crippen LogP contribution in [0.4, 0.5) is 0 Å². The van der Waals surface area contributed by atoms with Gasteiger partial charge in [0, 0.05) is 49.2 Å². The van der Waals surface area contributed by atoms with Gasteiger partial charge in [0.2, 0.25) is 5.91 Å². The summed E-state index contributed by atoms with van der Waals surface area (Å²) in [6.45, 7) is 8.80. The predicted octanol–water partition coefficient (Wildman–Crippen LogP) is 3.74. The van der Waals surface area contributed by atoms with Gasteiger partial charge in [0.25, 0.3) is 0 Å².